The number of aromatic carboxylic acids is 1. The first-order valence-corrected chi connectivity index (χ1v) is 7.23. The molecule has 5 heteroatoms. The van der Waals surface area contributed by atoms with E-state index in [9.17, 15) is 4.79 Å². The monoisotopic (exact) mass is 323 g/mol. The van der Waals surface area contributed by atoms with Crippen molar-refractivity contribution in [3.05, 3.63) is 69.2 Å². The van der Waals surface area contributed by atoms with E-state index < -0.39 is 5.97 Å². The molecule has 21 heavy (non-hydrogen) atoms. The summed E-state index contributed by atoms with van der Waals surface area (Å²) >= 11 is 11.9. The molecule has 2 N–H and O–H groups in total. The van der Waals surface area contributed by atoms with Gasteiger partial charge in [0.15, 0.2) is 0 Å². The van der Waals surface area contributed by atoms with Gasteiger partial charge in [0.05, 0.1) is 15.6 Å². The van der Waals surface area contributed by atoms with Gasteiger partial charge in [-0.05, 0) is 42.3 Å². The molecule has 0 aromatic heterocycles. The number of rotatable bonds is 5. The van der Waals surface area contributed by atoms with E-state index >= 15 is 0 Å². The van der Waals surface area contributed by atoms with Crippen molar-refractivity contribution in [1.82, 2.24) is 5.32 Å². The van der Waals surface area contributed by atoms with Crippen molar-refractivity contribution in [2.24, 2.45) is 0 Å². The van der Waals surface area contributed by atoms with Crippen LogP contribution in [0.1, 0.15) is 34.5 Å². The quantitative estimate of drug-likeness (QED) is 0.849. The first-order valence-electron chi connectivity index (χ1n) is 6.48. The maximum Gasteiger partial charge on any atom is 0.335 e. The lowest BCUT2D eigenvalue weighted by molar-refractivity contribution is 0.0697. The van der Waals surface area contributed by atoms with Gasteiger partial charge in [0, 0.05) is 12.6 Å². The lowest BCUT2D eigenvalue weighted by Gasteiger charge is -2.15. The van der Waals surface area contributed by atoms with E-state index in [1.165, 1.54) is 0 Å². The Morgan fingerprint density at radius 1 is 1.14 bits per heavy atom. The number of carboxylic acid groups (broad SMARTS) is 1. The van der Waals surface area contributed by atoms with Gasteiger partial charge < -0.3 is 10.4 Å². The second kappa shape index (κ2) is 6.94. The summed E-state index contributed by atoms with van der Waals surface area (Å²) in [5, 5.41) is 13.3. The number of hydrogen-bond acceptors (Lipinski definition) is 2. The predicted octanol–water partition coefficient (Wildman–Crippen LogP) is 4.54. The summed E-state index contributed by atoms with van der Waals surface area (Å²) in [6.07, 6.45) is 0. The topological polar surface area (TPSA) is 49.3 Å². The highest BCUT2D eigenvalue weighted by Gasteiger charge is 2.08. The largest absolute Gasteiger partial charge is 0.478 e. The van der Waals surface area contributed by atoms with E-state index in [4.69, 9.17) is 28.3 Å². The first kappa shape index (κ1) is 15.8. The molecule has 3 nitrogen and oxygen atoms in total. The summed E-state index contributed by atoms with van der Waals surface area (Å²) in [4.78, 5) is 10.8. The van der Waals surface area contributed by atoms with Crippen LogP contribution < -0.4 is 5.32 Å². The number of halogens is 2. The zero-order valence-electron chi connectivity index (χ0n) is 11.4. The molecule has 0 heterocycles. The summed E-state index contributed by atoms with van der Waals surface area (Å²) in [6, 6.07) is 12.5. The molecular formula is C16H15Cl2NO2. The summed E-state index contributed by atoms with van der Waals surface area (Å²) in [5.74, 6) is -0.918. The van der Waals surface area contributed by atoms with Crippen LogP contribution in [0.2, 0.25) is 10.0 Å². The van der Waals surface area contributed by atoms with Crippen LogP contribution in [-0.4, -0.2) is 11.1 Å². The Kier molecular flexibility index (Phi) is 5.23. The zero-order valence-corrected chi connectivity index (χ0v) is 12.9. The van der Waals surface area contributed by atoms with E-state index in [2.05, 4.69) is 5.32 Å². The average molecular weight is 324 g/mol. The molecule has 2 aromatic carbocycles. The predicted molar refractivity (Wildman–Crippen MR) is 85.1 cm³/mol. The Hall–Kier alpha value is -1.55. The molecule has 0 aliphatic carbocycles. The third-order valence-corrected chi connectivity index (χ3v) is 4.00. The van der Waals surface area contributed by atoms with Crippen LogP contribution >= 0.6 is 23.2 Å². The summed E-state index contributed by atoms with van der Waals surface area (Å²) in [7, 11) is 0. The molecule has 2 rings (SSSR count). The van der Waals surface area contributed by atoms with E-state index in [0.29, 0.717) is 16.6 Å². The lowest BCUT2D eigenvalue weighted by atomic mass is 10.1. The van der Waals surface area contributed by atoms with Crippen LogP contribution in [0.3, 0.4) is 0 Å². The van der Waals surface area contributed by atoms with E-state index in [0.717, 1.165) is 11.1 Å². The number of carbonyl (C=O) groups is 1. The third-order valence-electron chi connectivity index (χ3n) is 3.26. The van der Waals surface area contributed by atoms with Gasteiger partial charge in [0.25, 0.3) is 0 Å². The molecule has 2 aromatic rings. The third kappa shape index (κ3) is 4.21. The van der Waals surface area contributed by atoms with Gasteiger partial charge in [0.1, 0.15) is 0 Å². The van der Waals surface area contributed by atoms with Crippen LogP contribution in [0.25, 0.3) is 0 Å². The minimum absolute atomic E-state index is 0.110. The molecule has 0 spiro atoms. The molecule has 0 saturated heterocycles. The van der Waals surface area contributed by atoms with Crippen molar-refractivity contribution >= 4 is 29.2 Å². The summed E-state index contributed by atoms with van der Waals surface area (Å²) in [6.45, 7) is 2.67. The van der Waals surface area contributed by atoms with Gasteiger partial charge in [-0.25, -0.2) is 4.79 Å². The van der Waals surface area contributed by atoms with Crippen LogP contribution in [0, 0.1) is 0 Å². The van der Waals surface area contributed by atoms with Crippen molar-refractivity contribution in [1.29, 1.82) is 0 Å². The van der Waals surface area contributed by atoms with Gasteiger partial charge in [-0.2, -0.15) is 0 Å². The van der Waals surface area contributed by atoms with Crippen molar-refractivity contribution in [3.8, 4) is 0 Å². The molecular weight excluding hydrogens is 309 g/mol. The first-order chi connectivity index (χ1) is 9.97. The zero-order chi connectivity index (χ0) is 15.4. The highest BCUT2D eigenvalue weighted by Crippen LogP contribution is 2.25. The molecule has 0 aliphatic rings. The van der Waals surface area contributed by atoms with Crippen molar-refractivity contribution in [3.63, 3.8) is 0 Å². The normalized spacial score (nSPS) is 12.1. The highest BCUT2D eigenvalue weighted by molar-refractivity contribution is 6.42. The second-order valence-corrected chi connectivity index (χ2v) is 5.59. The fourth-order valence-corrected chi connectivity index (χ4v) is 2.24. The molecule has 0 amide bonds. The smallest absolute Gasteiger partial charge is 0.335 e. The van der Waals surface area contributed by atoms with Crippen LogP contribution in [0.5, 0.6) is 0 Å². The maximum atomic E-state index is 10.8. The van der Waals surface area contributed by atoms with Crippen LogP contribution in [-0.2, 0) is 6.54 Å². The molecule has 0 bridgehead atoms. The second-order valence-electron chi connectivity index (χ2n) is 4.78. The SMILES string of the molecule is CC(NCc1ccc(C(=O)O)cc1)c1ccc(Cl)c(Cl)c1. The standard InChI is InChI=1S/C16H15Cl2NO2/c1-10(13-6-7-14(17)15(18)8-13)19-9-11-2-4-12(5-3-11)16(20)21/h2-8,10,19H,9H2,1H3,(H,20,21). The van der Waals surface area contributed by atoms with E-state index in [1.807, 2.05) is 19.1 Å². The Labute approximate surface area is 133 Å². The highest BCUT2D eigenvalue weighted by atomic mass is 35.5. The van der Waals surface area contributed by atoms with Gasteiger partial charge in [-0.15, -0.1) is 0 Å². The fourth-order valence-electron chi connectivity index (χ4n) is 1.94. The van der Waals surface area contributed by atoms with Crippen molar-refractivity contribution < 1.29 is 9.90 Å². The Bertz CT molecular complexity index is 641. The maximum absolute atomic E-state index is 10.8. The number of benzene rings is 2. The number of carboxylic acids is 1. The van der Waals surface area contributed by atoms with Crippen LogP contribution in [0.15, 0.2) is 42.5 Å². The Balaban J connectivity index is 1.98. The van der Waals surface area contributed by atoms with Crippen molar-refractivity contribution in [2.75, 3.05) is 0 Å². The molecule has 0 radical (unpaired) electrons. The van der Waals surface area contributed by atoms with Crippen LogP contribution in [0.4, 0.5) is 0 Å². The summed E-state index contributed by atoms with van der Waals surface area (Å²) < 4.78 is 0. The number of nitrogens with one attached hydrogen (secondary N) is 1. The Morgan fingerprint density at radius 3 is 2.38 bits per heavy atom. The number of hydrogen-bond donors (Lipinski definition) is 2. The summed E-state index contributed by atoms with van der Waals surface area (Å²) in [5.41, 5.74) is 2.36. The van der Waals surface area contributed by atoms with Gasteiger partial charge in [-0.3, -0.25) is 0 Å². The lowest BCUT2D eigenvalue weighted by Crippen LogP contribution is -2.18. The minimum Gasteiger partial charge on any atom is -0.478 e. The van der Waals surface area contributed by atoms with Gasteiger partial charge >= 0.3 is 5.97 Å². The molecule has 110 valence electrons. The average Bonchev–Trinajstić information content (AvgIpc) is 2.48. The fraction of sp³-hybridized carbons (Fsp3) is 0.188. The van der Waals surface area contributed by atoms with E-state index in [1.54, 1.807) is 30.3 Å². The van der Waals surface area contributed by atoms with Crippen molar-refractivity contribution in [2.45, 2.75) is 19.5 Å². The molecule has 0 saturated carbocycles. The van der Waals surface area contributed by atoms with Gasteiger partial charge in [0.2, 0.25) is 0 Å². The minimum atomic E-state index is -0.918. The van der Waals surface area contributed by atoms with Gasteiger partial charge in [-0.1, -0.05) is 41.4 Å². The van der Waals surface area contributed by atoms with E-state index in [-0.39, 0.29) is 11.6 Å². The molecule has 0 fully saturated rings. The Morgan fingerprint density at radius 2 is 1.81 bits per heavy atom. The molecule has 0 aliphatic heterocycles. The molecule has 1 unspecified atom stereocenters. The molecule has 1 atom stereocenters.